The summed E-state index contributed by atoms with van der Waals surface area (Å²) in [6.07, 6.45) is 3.01. The highest BCUT2D eigenvalue weighted by Crippen LogP contribution is 2.29. The van der Waals surface area contributed by atoms with Crippen molar-refractivity contribution < 1.29 is 14.3 Å². The lowest BCUT2D eigenvalue weighted by Gasteiger charge is -2.21. The van der Waals surface area contributed by atoms with E-state index < -0.39 is 11.8 Å². The summed E-state index contributed by atoms with van der Waals surface area (Å²) >= 11 is 5.86. The number of aromatic nitrogens is 1. The van der Waals surface area contributed by atoms with E-state index >= 15 is 0 Å². The molecule has 2 aromatic carbocycles. The van der Waals surface area contributed by atoms with E-state index in [9.17, 15) is 9.59 Å². The minimum absolute atomic E-state index is 0.125. The van der Waals surface area contributed by atoms with Crippen LogP contribution in [0.5, 0.6) is 5.75 Å². The zero-order valence-corrected chi connectivity index (χ0v) is 20.5. The number of ether oxygens (including phenoxy) is 1. The largest absolute Gasteiger partial charge is 0.493 e. The van der Waals surface area contributed by atoms with Gasteiger partial charge in [-0.05, 0) is 55.8 Å². The molecule has 36 heavy (non-hydrogen) atoms. The molecule has 1 atom stereocenters. The molecule has 188 valence electrons. The molecule has 9 nitrogen and oxygen atoms in total. The predicted octanol–water partition coefficient (Wildman–Crippen LogP) is 3.50. The summed E-state index contributed by atoms with van der Waals surface area (Å²) in [6, 6.07) is 15.6. The highest BCUT2D eigenvalue weighted by molar-refractivity contribution is 6.30. The summed E-state index contributed by atoms with van der Waals surface area (Å²) in [4.78, 5) is 32.5. The first-order chi connectivity index (χ1) is 17.4. The van der Waals surface area contributed by atoms with Crippen LogP contribution in [-0.4, -0.2) is 49.1 Å². The third-order valence-corrected chi connectivity index (χ3v) is 6.02. The molecule has 6 N–H and O–H groups in total. The highest BCUT2D eigenvalue weighted by atomic mass is 35.5. The van der Waals surface area contributed by atoms with Crippen LogP contribution in [0.15, 0.2) is 60.8 Å². The Morgan fingerprint density at radius 2 is 1.89 bits per heavy atom. The maximum atomic E-state index is 13.3. The molecule has 1 aliphatic heterocycles. The molecule has 0 saturated carbocycles. The molecule has 1 fully saturated rings. The molecule has 0 aliphatic carbocycles. The van der Waals surface area contributed by atoms with Gasteiger partial charge >= 0.3 is 0 Å². The van der Waals surface area contributed by atoms with Gasteiger partial charge in [0, 0.05) is 37.1 Å². The molecule has 0 unspecified atom stereocenters. The van der Waals surface area contributed by atoms with Crippen molar-refractivity contribution >= 4 is 40.6 Å². The average molecular weight is 509 g/mol. The maximum absolute atomic E-state index is 13.3. The molecule has 0 bridgehead atoms. The van der Waals surface area contributed by atoms with Crippen molar-refractivity contribution in [2.45, 2.75) is 18.9 Å². The molecule has 2 amide bonds. The number of nitrogens with one attached hydrogen (secondary N) is 2. The Kier molecular flexibility index (Phi) is 8.37. The molecule has 0 radical (unpaired) electrons. The Morgan fingerprint density at radius 3 is 2.61 bits per heavy atom. The number of rotatable bonds is 9. The van der Waals surface area contributed by atoms with Crippen molar-refractivity contribution in [3.8, 4) is 5.75 Å². The lowest BCUT2D eigenvalue weighted by atomic mass is 10.1. The number of pyridine rings is 1. The second-order valence-electron chi connectivity index (χ2n) is 8.48. The Bertz CT molecular complexity index is 1220. The molecule has 1 saturated heterocycles. The van der Waals surface area contributed by atoms with E-state index in [-0.39, 0.29) is 11.6 Å². The van der Waals surface area contributed by atoms with Crippen molar-refractivity contribution in [3.63, 3.8) is 0 Å². The summed E-state index contributed by atoms with van der Waals surface area (Å²) in [5.41, 5.74) is 13.6. The van der Waals surface area contributed by atoms with Gasteiger partial charge in [0.05, 0.1) is 28.4 Å². The average Bonchev–Trinajstić information content (AvgIpc) is 3.32. The van der Waals surface area contributed by atoms with Crippen LogP contribution in [0, 0.1) is 0 Å². The van der Waals surface area contributed by atoms with Gasteiger partial charge in [-0.2, -0.15) is 0 Å². The van der Waals surface area contributed by atoms with Crippen LogP contribution in [0.2, 0.25) is 5.02 Å². The molecule has 4 rings (SSSR count). The molecular formula is C26H29ClN6O3. The van der Waals surface area contributed by atoms with E-state index in [2.05, 4.69) is 20.5 Å². The van der Waals surface area contributed by atoms with Gasteiger partial charge in [0.25, 0.3) is 11.8 Å². The van der Waals surface area contributed by atoms with E-state index in [0.29, 0.717) is 47.4 Å². The number of nitrogens with two attached hydrogens (primary N) is 2. The number of hydrogen-bond acceptors (Lipinski definition) is 7. The summed E-state index contributed by atoms with van der Waals surface area (Å²) in [6.45, 7) is 2.46. The molecule has 3 aromatic rings. The second-order valence-corrected chi connectivity index (χ2v) is 8.92. The Balaban J connectivity index is 1.55. The zero-order valence-electron chi connectivity index (χ0n) is 19.7. The van der Waals surface area contributed by atoms with Gasteiger partial charge in [-0.1, -0.05) is 23.7 Å². The summed E-state index contributed by atoms with van der Waals surface area (Å²) in [7, 11) is 0. The van der Waals surface area contributed by atoms with Gasteiger partial charge in [-0.15, -0.1) is 0 Å². The van der Waals surface area contributed by atoms with Crippen molar-refractivity contribution in [2.24, 2.45) is 11.5 Å². The van der Waals surface area contributed by atoms with Crippen molar-refractivity contribution in [3.05, 3.63) is 76.9 Å². The van der Waals surface area contributed by atoms with Gasteiger partial charge in [0.2, 0.25) is 0 Å². The van der Waals surface area contributed by atoms with Crippen LogP contribution in [-0.2, 0) is 0 Å². The monoisotopic (exact) mass is 508 g/mol. The Hall–Kier alpha value is -3.66. The number of benzene rings is 2. The Labute approximate surface area is 214 Å². The molecule has 0 spiro atoms. The zero-order chi connectivity index (χ0) is 25.5. The maximum Gasteiger partial charge on any atom is 0.259 e. The number of nitrogens with zero attached hydrogens (tertiary/aromatic N) is 2. The Morgan fingerprint density at radius 1 is 1.08 bits per heavy atom. The first-order valence-corrected chi connectivity index (χ1v) is 12.1. The molecule has 1 aliphatic rings. The lowest BCUT2D eigenvalue weighted by molar-refractivity contribution is 0.102. The smallest absolute Gasteiger partial charge is 0.259 e. The standard InChI is InChI=1S/C26H29ClN6O3/c27-17-6-9-24(30-15-17)32-25(34)20-4-1-2-5-22(20)31-26(35)21-8-7-19(33-12-10-18(29)16-33)14-23(21)36-13-3-11-28/h1-2,4-9,14-15,18H,3,10-13,16,28-29H2,(H,31,35)(H,30,32,34)/t18-/m1/s1. The van der Waals surface area contributed by atoms with Crippen LogP contribution in [0.4, 0.5) is 17.2 Å². The number of amides is 2. The number of hydrogen-bond donors (Lipinski definition) is 4. The first-order valence-electron chi connectivity index (χ1n) is 11.8. The molecular weight excluding hydrogens is 480 g/mol. The normalized spacial score (nSPS) is 15.0. The summed E-state index contributed by atoms with van der Waals surface area (Å²) < 4.78 is 5.93. The predicted molar refractivity (Wildman–Crippen MR) is 142 cm³/mol. The minimum Gasteiger partial charge on any atom is -0.493 e. The number of carbonyl (C=O) groups excluding carboxylic acids is 2. The van der Waals surface area contributed by atoms with E-state index in [4.69, 9.17) is 27.8 Å². The quantitative estimate of drug-likeness (QED) is 0.325. The van der Waals surface area contributed by atoms with Gasteiger partial charge in [-0.3, -0.25) is 9.59 Å². The molecule has 10 heteroatoms. The molecule has 1 aromatic heterocycles. The van der Waals surface area contributed by atoms with Crippen LogP contribution >= 0.6 is 11.6 Å². The van der Waals surface area contributed by atoms with Crippen LogP contribution in [0.25, 0.3) is 0 Å². The highest BCUT2D eigenvalue weighted by Gasteiger charge is 2.22. The topological polar surface area (TPSA) is 136 Å². The fourth-order valence-corrected chi connectivity index (χ4v) is 4.03. The van der Waals surface area contributed by atoms with E-state index in [0.717, 1.165) is 25.2 Å². The van der Waals surface area contributed by atoms with Crippen LogP contribution < -0.4 is 31.7 Å². The number of carbonyl (C=O) groups is 2. The van der Waals surface area contributed by atoms with Gasteiger partial charge < -0.3 is 31.7 Å². The number of anilines is 3. The van der Waals surface area contributed by atoms with E-state index in [1.165, 1.54) is 6.20 Å². The van der Waals surface area contributed by atoms with Gasteiger partial charge in [-0.25, -0.2) is 4.98 Å². The second kappa shape index (κ2) is 11.9. The van der Waals surface area contributed by atoms with Crippen LogP contribution in [0.3, 0.4) is 0 Å². The fraction of sp³-hybridized carbons (Fsp3) is 0.269. The van der Waals surface area contributed by atoms with Crippen LogP contribution in [0.1, 0.15) is 33.6 Å². The first kappa shape index (κ1) is 25.4. The summed E-state index contributed by atoms with van der Waals surface area (Å²) in [5, 5.41) is 6.03. The SMILES string of the molecule is NCCCOc1cc(N2CC[C@@H](N)C2)ccc1C(=O)Nc1ccccc1C(=O)Nc1ccc(Cl)cn1. The third kappa shape index (κ3) is 6.31. The van der Waals surface area contributed by atoms with Crippen molar-refractivity contribution in [2.75, 3.05) is 41.8 Å². The minimum atomic E-state index is -0.416. The van der Waals surface area contributed by atoms with E-state index in [1.807, 2.05) is 12.1 Å². The van der Waals surface area contributed by atoms with E-state index in [1.54, 1.807) is 42.5 Å². The number of para-hydroxylation sites is 1. The van der Waals surface area contributed by atoms with Gasteiger partial charge in [0.1, 0.15) is 11.6 Å². The third-order valence-electron chi connectivity index (χ3n) is 5.79. The fourth-order valence-electron chi connectivity index (χ4n) is 3.92. The summed E-state index contributed by atoms with van der Waals surface area (Å²) in [5.74, 6) is -0.0160. The molecule has 2 heterocycles. The number of halogens is 1. The van der Waals surface area contributed by atoms with Crippen molar-refractivity contribution in [1.82, 2.24) is 4.98 Å². The van der Waals surface area contributed by atoms with Gasteiger partial charge in [0.15, 0.2) is 0 Å². The lowest BCUT2D eigenvalue weighted by Crippen LogP contribution is -2.26. The van der Waals surface area contributed by atoms with Crippen molar-refractivity contribution in [1.29, 1.82) is 0 Å².